The van der Waals surface area contributed by atoms with Gasteiger partial charge in [-0.3, -0.25) is 0 Å². The Morgan fingerprint density at radius 3 is 3.18 bits per heavy atom. The molecule has 0 atom stereocenters. The van der Waals surface area contributed by atoms with Gasteiger partial charge in [0, 0.05) is 5.69 Å². The van der Waals surface area contributed by atoms with Gasteiger partial charge in [0.2, 0.25) is 0 Å². The molecule has 1 N–H and O–H groups in total. The van der Waals surface area contributed by atoms with Crippen molar-refractivity contribution in [3.05, 3.63) is 17.7 Å². The summed E-state index contributed by atoms with van der Waals surface area (Å²) in [5, 5.41) is 3.69. The predicted molar refractivity (Wildman–Crippen MR) is 42.5 cm³/mol. The second-order valence-electron chi connectivity index (χ2n) is 2.07. The normalized spacial score (nSPS) is 10.7. The van der Waals surface area contributed by atoms with E-state index in [0.717, 1.165) is 11.4 Å². The molecular weight excluding hydrogens is 142 g/mol. The van der Waals surface area contributed by atoms with Crippen LogP contribution in [0.5, 0.6) is 0 Å². The topological polar surface area (TPSA) is 50.3 Å². The minimum atomic E-state index is 0.583. The van der Waals surface area contributed by atoms with Crippen molar-refractivity contribution < 1.29 is 4.84 Å². The van der Waals surface area contributed by atoms with Gasteiger partial charge in [0.25, 0.3) is 0 Å². The maximum Gasteiger partial charge on any atom is 0.114 e. The van der Waals surface area contributed by atoms with Crippen molar-refractivity contribution in [1.82, 2.24) is 9.97 Å². The summed E-state index contributed by atoms with van der Waals surface area (Å²) >= 11 is 0. The number of rotatable bonds is 3. The van der Waals surface area contributed by atoms with E-state index in [2.05, 4.69) is 15.1 Å². The largest absolute Gasteiger partial charge is 0.396 e. The zero-order chi connectivity index (χ0) is 8.10. The number of imidazole rings is 1. The highest BCUT2D eigenvalue weighted by atomic mass is 16.6. The summed E-state index contributed by atoms with van der Waals surface area (Å²) in [6.45, 7) is 4.40. The van der Waals surface area contributed by atoms with Gasteiger partial charge < -0.3 is 9.82 Å². The van der Waals surface area contributed by atoms with Crippen molar-refractivity contribution in [2.45, 2.75) is 13.8 Å². The first-order chi connectivity index (χ1) is 5.34. The fourth-order valence-corrected chi connectivity index (χ4v) is 0.661. The lowest BCUT2D eigenvalue weighted by Crippen LogP contribution is -1.86. The van der Waals surface area contributed by atoms with Gasteiger partial charge in [-0.05, 0) is 13.8 Å². The molecular formula is C7H11N3O. The van der Waals surface area contributed by atoms with Crippen LogP contribution >= 0.6 is 0 Å². The molecule has 4 heteroatoms. The van der Waals surface area contributed by atoms with Crippen molar-refractivity contribution in [2.24, 2.45) is 5.16 Å². The Bertz CT molecular complexity index is 242. The van der Waals surface area contributed by atoms with E-state index in [1.54, 1.807) is 12.5 Å². The number of H-pyrrole nitrogens is 1. The molecule has 0 spiro atoms. The summed E-state index contributed by atoms with van der Waals surface area (Å²) in [4.78, 5) is 11.7. The van der Waals surface area contributed by atoms with E-state index >= 15 is 0 Å². The Labute approximate surface area is 65.3 Å². The Hall–Kier alpha value is -1.32. The molecule has 0 saturated heterocycles. The van der Waals surface area contributed by atoms with Crippen LogP contribution in [0.2, 0.25) is 0 Å². The average Bonchev–Trinajstić information content (AvgIpc) is 2.37. The fourth-order valence-electron chi connectivity index (χ4n) is 0.661. The number of hydrogen-bond donors (Lipinski definition) is 1. The van der Waals surface area contributed by atoms with Crippen LogP contribution in [0.1, 0.15) is 18.3 Å². The molecule has 0 aliphatic rings. The molecule has 11 heavy (non-hydrogen) atoms. The molecule has 0 radical (unpaired) electrons. The molecule has 0 amide bonds. The van der Waals surface area contributed by atoms with Gasteiger partial charge in [-0.2, -0.15) is 0 Å². The summed E-state index contributed by atoms with van der Waals surface area (Å²) in [6, 6.07) is 0. The third-order valence-corrected chi connectivity index (χ3v) is 1.25. The molecule has 1 aromatic rings. The quantitative estimate of drug-likeness (QED) is 0.522. The van der Waals surface area contributed by atoms with Gasteiger partial charge >= 0.3 is 0 Å². The maximum absolute atomic E-state index is 4.78. The number of aryl methyl sites for hydroxylation is 1. The van der Waals surface area contributed by atoms with Crippen LogP contribution in [0.15, 0.2) is 11.5 Å². The number of aromatic amines is 1. The molecule has 1 heterocycles. The van der Waals surface area contributed by atoms with E-state index in [4.69, 9.17) is 4.84 Å². The van der Waals surface area contributed by atoms with Crippen LogP contribution in [0.25, 0.3) is 0 Å². The second kappa shape index (κ2) is 3.75. The van der Waals surface area contributed by atoms with Crippen LogP contribution in [0, 0.1) is 6.92 Å². The molecule has 0 aromatic carbocycles. The average molecular weight is 153 g/mol. The zero-order valence-electron chi connectivity index (χ0n) is 6.66. The number of aromatic nitrogens is 2. The second-order valence-corrected chi connectivity index (χ2v) is 2.07. The van der Waals surface area contributed by atoms with Gasteiger partial charge in [-0.1, -0.05) is 5.16 Å². The van der Waals surface area contributed by atoms with Crippen molar-refractivity contribution in [1.29, 1.82) is 0 Å². The van der Waals surface area contributed by atoms with Gasteiger partial charge in [-0.15, -0.1) is 0 Å². The lowest BCUT2D eigenvalue weighted by atomic mass is 10.4. The van der Waals surface area contributed by atoms with Crippen molar-refractivity contribution in [3.63, 3.8) is 0 Å². The summed E-state index contributed by atoms with van der Waals surface area (Å²) in [5.41, 5.74) is 1.81. The SMILES string of the molecule is CCO/N=C/c1nc[nH]c1C. The van der Waals surface area contributed by atoms with E-state index in [0.29, 0.717) is 6.61 Å². The molecule has 0 aliphatic carbocycles. The molecule has 0 aliphatic heterocycles. The standard InChI is InChI=1S/C7H11N3O/c1-3-11-10-4-7-6(2)8-5-9-7/h4-5H,3H2,1-2H3,(H,8,9)/b10-4+. The van der Waals surface area contributed by atoms with Gasteiger partial charge in [0.05, 0.1) is 12.5 Å². The number of oxime groups is 1. The van der Waals surface area contributed by atoms with Crippen LogP contribution in [-0.4, -0.2) is 22.8 Å². The molecule has 0 unspecified atom stereocenters. The summed E-state index contributed by atoms with van der Waals surface area (Å²) < 4.78 is 0. The monoisotopic (exact) mass is 153 g/mol. The first-order valence-corrected chi connectivity index (χ1v) is 3.50. The molecule has 1 aromatic heterocycles. The predicted octanol–water partition coefficient (Wildman–Crippen LogP) is 1.09. The van der Waals surface area contributed by atoms with Crippen LogP contribution < -0.4 is 0 Å². The molecule has 0 saturated carbocycles. The molecule has 1 rings (SSSR count). The Balaban J connectivity index is 2.56. The highest BCUT2D eigenvalue weighted by Gasteiger charge is 1.94. The minimum absolute atomic E-state index is 0.583. The Morgan fingerprint density at radius 2 is 2.64 bits per heavy atom. The maximum atomic E-state index is 4.78. The van der Waals surface area contributed by atoms with E-state index in [-0.39, 0.29) is 0 Å². The highest BCUT2D eigenvalue weighted by molar-refractivity contribution is 5.77. The summed E-state index contributed by atoms with van der Waals surface area (Å²) in [7, 11) is 0. The van der Waals surface area contributed by atoms with Gasteiger partial charge in [-0.25, -0.2) is 4.98 Å². The van der Waals surface area contributed by atoms with E-state index < -0.39 is 0 Å². The lowest BCUT2D eigenvalue weighted by molar-refractivity contribution is 0.160. The fraction of sp³-hybridized carbons (Fsp3) is 0.429. The number of nitrogens with zero attached hydrogens (tertiary/aromatic N) is 2. The van der Waals surface area contributed by atoms with E-state index in [1.807, 2.05) is 13.8 Å². The number of nitrogens with one attached hydrogen (secondary N) is 1. The third-order valence-electron chi connectivity index (χ3n) is 1.25. The number of hydrogen-bond acceptors (Lipinski definition) is 3. The molecule has 60 valence electrons. The molecule has 0 bridgehead atoms. The van der Waals surface area contributed by atoms with E-state index in [9.17, 15) is 0 Å². The first-order valence-electron chi connectivity index (χ1n) is 3.50. The van der Waals surface area contributed by atoms with Gasteiger partial charge in [0.15, 0.2) is 0 Å². The van der Waals surface area contributed by atoms with Gasteiger partial charge in [0.1, 0.15) is 12.3 Å². The molecule has 0 fully saturated rings. The van der Waals surface area contributed by atoms with Crippen molar-refractivity contribution in [3.8, 4) is 0 Å². The first kappa shape index (κ1) is 7.78. The van der Waals surface area contributed by atoms with Crippen LogP contribution in [0.3, 0.4) is 0 Å². The highest BCUT2D eigenvalue weighted by Crippen LogP contribution is 1.95. The van der Waals surface area contributed by atoms with Crippen LogP contribution in [-0.2, 0) is 4.84 Å². The van der Waals surface area contributed by atoms with Crippen molar-refractivity contribution in [2.75, 3.05) is 6.61 Å². The summed E-state index contributed by atoms with van der Waals surface area (Å²) in [6.07, 6.45) is 3.22. The third kappa shape index (κ3) is 2.07. The molecule has 4 nitrogen and oxygen atoms in total. The zero-order valence-corrected chi connectivity index (χ0v) is 6.66. The smallest absolute Gasteiger partial charge is 0.114 e. The van der Waals surface area contributed by atoms with Crippen LogP contribution in [0.4, 0.5) is 0 Å². The minimum Gasteiger partial charge on any atom is -0.396 e. The van der Waals surface area contributed by atoms with E-state index in [1.165, 1.54) is 0 Å². The summed E-state index contributed by atoms with van der Waals surface area (Å²) in [5.74, 6) is 0. The van der Waals surface area contributed by atoms with Crippen molar-refractivity contribution >= 4 is 6.21 Å². The Kier molecular flexibility index (Phi) is 2.66. The Morgan fingerprint density at radius 1 is 1.82 bits per heavy atom. The lowest BCUT2D eigenvalue weighted by Gasteiger charge is -1.89.